The lowest BCUT2D eigenvalue weighted by atomic mass is 10.3. The van der Waals surface area contributed by atoms with Crippen molar-refractivity contribution in [3.8, 4) is 10.7 Å². The number of hydrogen-bond acceptors (Lipinski definition) is 5. The third-order valence-corrected chi connectivity index (χ3v) is 3.76. The first-order valence-electron chi connectivity index (χ1n) is 4.82. The number of nitrogen functional groups attached to an aromatic ring is 1. The number of nitrogens with two attached hydrogens (primary N) is 1. The number of rotatable bonds is 3. The molecular formula is C10H11BrN4S. The van der Waals surface area contributed by atoms with E-state index in [0.29, 0.717) is 11.6 Å². The van der Waals surface area contributed by atoms with Crippen molar-refractivity contribution in [3.05, 3.63) is 27.7 Å². The maximum absolute atomic E-state index is 5.38. The van der Waals surface area contributed by atoms with Gasteiger partial charge >= 0.3 is 0 Å². The van der Waals surface area contributed by atoms with Crippen molar-refractivity contribution in [3.63, 3.8) is 0 Å². The largest absolute Gasteiger partial charge is 0.308 e. The molecule has 2 aromatic rings. The van der Waals surface area contributed by atoms with Crippen LogP contribution in [0, 0.1) is 0 Å². The SMILES string of the molecule is CCc1cc(NN)nc(-c2cc(Br)cs2)n1. The number of nitrogens with zero attached hydrogens (tertiary/aromatic N) is 2. The first kappa shape index (κ1) is 11.5. The fraction of sp³-hybridized carbons (Fsp3) is 0.200. The Morgan fingerprint density at radius 1 is 1.44 bits per heavy atom. The minimum absolute atomic E-state index is 0.645. The van der Waals surface area contributed by atoms with Crippen LogP contribution in [0.25, 0.3) is 10.7 Å². The summed E-state index contributed by atoms with van der Waals surface area (Å²) in [6.45, 7) is 2.05. The Balaban J connectivity index is 2.47. The molecule has 0 saturated carbocycles. The summed E-state index contributed by atoms with van der Waals surface area (Å²) in [4.78, 5) is 9.82. The number of halogens is 1. The van der Waals surface area contributed by atoms with Gasteiger partial charge in [0.05, 0.1) is 4.88 Å². The molecule has 0 radical (unpaired) electrons. The first-order valence-corrected chi connectivity index (χ1v) is 6.49. The molecule has 4 nitrogen and oxygen atoms in total. The molecule has 84 valence electrons. The van der Waals surface area contributed by atoms with Crippen molar-refractivity contribution in [2.45, 2.75) is 13.3 Å². The first-order chi connectivity index (χ1) is 7.72. The molecule has 0 unspecified atom stereocenters. The molecule has 0 bridgehead atoms. The van der Waals surface area contributed by atoms with Crippen LogP contribution in [0.15, 0.2) is 22.0 Å². The standard InChI is InChI=1S/C10H11BrN4S/c1-2-7-4-9(15-12)14-10(13-7)8-3-6(11)5-16-8/h3-5H,2,12H2,1H3,(H,13,14,15). The average molecular weight is 299 g/mol. The number of thiophene rings is 1. The van der Waals surface area contributed by atoms with Crippen LogP contribution in [0.1, 0.15) is 12.6 Å². The molecule has 6 heteroatoms. The number of anilines is 1. The average Bonchev–Trinajstić information content (AvgIpc) is 2.75. The van der Waals surface area contributed by atoms with E-state index < -0.39 is 0 Å². The maximum atomic E-state index is 5.38. The van der Waals surface area contributed by atoms with E-state index >= 15 is 0 Å². The van der Waals surface area contributed by atoms with Crippen LogP contribution >= 0.6 is 27.3 Å². The molecule has 0 aliphatic rings. The van der Waals surface area contributed by atoms with E-state index in [2.05, 4.69) is 38.2 Å². The van der Waals surface area contributed by atoms with Gasteiger partial charge in [-0.25, -0.2) is 15.8 Å². The highest BCUT2D eigenvalue weighted by Crippen LogP contribution is 2.28. The van der Waals surface area contributed by atoms with E-state index in [-0.39, 0.29) is 0 Å². The summed E-state index contributed by atoms with van der Waals surface area (Å²) >= 11 is 5.02. The topological polar surface area (TPSA) is 63.8 Å². The molecule has 2 aromatic heterocycles. The monoisotopic (exact) mass is 298 g/mol. The van der Waals surface area contributed by atoms with Crippen molar-refractivity contribution in [2.75, 3.05) is 5.43 Å². The Morgan fingerprint density at radius 3 is 2.81 bits per heavy atom. The summed E-state index contributed by atoms with van der Waals surface area (Å²) in [6.07, 6.45) is 0.858. The van der Waals surface area contributed by atoms with Crippen molar-refractivity contribution < 1.29 is 0 Å². The van der Waals surface area contributed by atoms with Gasteiger partial charge in [0.25, 0.3) is 0 Å². The molecule has 0 aliphatic carbocycles. The maximum Gasteiger partial charge on any atom is 0.171 e. The van der Waals surface area contributed by atoms with E-state index in [1.165, 1.54) is 0 Å². The number of hydrogen-bond donors (Lipinski definition) is 2. The van der Waals surface area contributed by atoms with Crippen LogP contribution in [-0.4, -0.2) is 9.97 Å². The second-order valence-electron chi connectivity index (χ2n) is 3.20. The van der Waals surface area contributed by atoms with Crippen LogP contribution in [0.2, 0.25) is 0 Å². The summed E-state index contributed by atoms with van der Waals surface area (Å²) in [5, 5.41) is 2.01. The Morgan fingerprint density at radius 2 is 2.25 bits per heavy atom. The van der Waals surface area contributed by atoms with E-state index in [0.717, 1.165) is 21.5 Å². The minimum Gasteiger partial charge on any atom is -0.308 e. The lowest BCUT2D eigenvalue weighted by Crippen LogP contribution is -2.10. The van der Waals surface area contributed by atoms with Crippen LogP contribution in [0.5, 0.6) is 0 Å². The molecule has 16 heavy (non-hydrogen) atoms. The Bertz CT molecular complexity index is 475. The zero-order chi connectivity index (χ0) is 11.5. The molecule has 0 fully saturated rings. The molecular weight excluding hydrogens is 288 g/mol. The molecule has 2 heterocycles. The van der Waals surface area contributed by atoms with Gasteiger partial charge < -0.3 is 5.43 Å². The van der Waals surface area contributed by atoms with Gasteiger partial charge in [0, 0.05) is 21.6 Å². The minimum atomic E-state index is 0.645. The van der Waals surface area contributed by atoms with Crippen molar-refractivity contribution in [1.82, 2.24) is 9.97 Å². The third kappa shape index (κ3) is 2.40. The van der Waals surface area contributed by atoms with Gasteiger partial charge in [0.1, 0.15) is 5.82 Å². The molecule has 0 spiro atoms. The zero-order valence-corrected chi connectivity index (χ0v) is 11.1. The van der Waals surface area contributed by atoms with Crippen LogP contribution in [-0.2, 0) is 6.42 Å². The van der Waals surface area contributed by atoms with E-state index in [4.69, 9.17) is 5.84 Å². The van der Waals surface area contributed by atoms with Gasteiger partial charge in [-0.2, -0.15) is 0 Å². The van der Waals surface area contributed by atoms with Crippen molar-refractivity contribution >= 4 is 33.1 Å². The molecule has 3 N–H and O–H groups in total. The molecule has 0 atom stereocenters. The van der Waals surface area contributed by atoms with E-state index in [1.807, 2.05) is 17.5 Å². The fourth-order valence-corrected chi connectivity index (χ4v) is 2.65. The van der Waals surface area contributed by atoms with E-state index in [9.17, 15) is 0 Å². The molecule has 0 saturated heterocycles. The van der Waals surface area contributed by atoms with Gasteiger partial charge in [0.2, 0.25) is 0 Å². The number of aryl methyl sites for hydroxylation is 1. The Labute approximate surface area is 106 Å². The highest BCUT2D eigenvalue weighted by Gasteiger charge is 2.07. The highest BCUT2D eigenvalue weighted by molar-refractivity contribution is 9.10. The predicted octanol–water partition coefficient (Wildman–Crippen LogP) is 2.82. The van der Waals surface area contributed by atoms with Gasteiger partial charge in [-0.1, -0.05) is 6.92 Å². The molecule has 0 amide bonds. The Kier molecular flexibility index (Phi) is 3.52. The lowest BCUT2D eigenvalue weighted by Gasteiger charge is -2.04. The second-order valence-corrected chi connectivity index (χ2v) is 5.02. The summed E-state index contributed by atoms with van der Waals surface area (Å²) in [5.74, 6) is 6.74. The highest BCUT2D eigenvalue weighted by atomic mass is 79.9. The summed E-state index contributed by atoms with van der Waals surface area (Å²) < 4.78 is 1.04. The smallest absolute Gasteiger partial charge is 0.171 e. The summed E-state index contributed by atoms with van der Waals surface area (Å²) in [6, 6.07) is 3.85. The normalized spacial score (nSPS) is 10.4. The fourth-order valence-electron chi connectivity index (χ4n) is 1.29. The molecule has 2 rings (SSSR count). The summed E-state index contributed by atoms with van der Waals surface area (Å²) in [7, 11) is 0. The quantitative estimate of drug-likeness (QED) is 0.675. The predicted molar refractivity (Wildman–Crippen MR) is 70.2 cm³/mol. The third-order valence-electron chi connectivity index (χ3n) is 2.08. The van der Waals surface area contributed by atoms with E-state index in [1.54, 1.807) is 11.3 Å². The van der Waals surface area contributed by atoms with Gasteiger partial charge in [0.15, 0.2) is 5.82 Å². The van der Waals surface area contributed by atoms with Gasteiger partial charge in [-0.15, -0.1) is 11.3 Å². The molecule has 0 aliphatic heterocycles. The van der Waals surface area contributed by atoms with Crippen molar-refractivity contribution in [2.24, 2.45) is 5.84 Å². The van der Waals surface area contributed by atoms with Gasteiger partial charge in [-0.3, -0.25) is 0 Å². The Hall–Kier alpha value is -0.980. The van der Waals surface area contributed by atoms with Crippen LogP contribution in [0.4, 0.5) is 5.82 Å². The summed E-state index contributed by atoms with van der Waals surface area (Å²) in [5.41, 5.74) is 3.53. The van der Waals surface area contributed by atoms with Crippen LogP contribution in [0.3, 0.4) is 0 Å². The number of hydrazine groups is 1. The van der Waals surface area contributed by atoms with Crippen molar-refractivity contribution in [1.29, 1.82) is 0 Å². The lowest BCUT2D eigenvalue weighted by molar-refractivity contribution is 1.00. The van der Waals surface area contributed by atoms with Crippen LogP contribution < -0.4 is 11.3 Å². The molecule has 0 aromatic carbocycles. The number of nitrogens with one attached hydrogen (secondary N) is 1. The van der Waals surface area contributed by atoms with Gasteiger partial charge in [-0.05, 0) is 28.4 Å². The second kappa shape index (κ2) is 4.90. The zero-order valence-electron chi connectivity index (χ0n) is 8.70. The number of aromatic nitrogens is 2.